The number of hydrogen-bond acceptors (Lipinski definition) is 2. The van der Waals surface area contributed by atoms with Gasteiger partial charge in [-0.3, -0.25) is 0 Å². The highest BCUT2D eigenvalue weighted by molar-refractivity contribution is 5.42. The molecule has 0 saturated carbocycles. The fourth-order valence-corrected chi connectivity index (χ4v) is 1.78. The van der Waals surface area contributed by atoms with Gasteiger partial charge in [0.1, 0.15) is 5.82 Å². The van der Waals surface area contributed by atoms with Gasteiger partial charge in [0.05, 0.1) is 0 Å². The van der Waals surface area contributed by atoms with Crippen molar-refractivity contribution in [1.82, 2.24) is 5.32 Å². The summed E-state index contributed by atoms with van der Waals surface area (Å²) in [5.41, 5.74) is 6.94. The van der Waals surface area contributed by atoms with Crippen LogP contribution in [0.2, 0.25) is 0 Å². The minimum absolute atomic E-state index is 0.156. The first kappa shape index (κ1) is 8.51. The number of halogens is 1. The Hall–Kier alpha value is -1.09. The van der Waals surface area contributed by atoms with Crippen molar-refractivity contribution < 1.29 is 4.39 Å². The Morgan fingerprint density at radius 1 is 1.46 bits per heavy atom. The third kappa shape index (κ3) is 1.65. The molecule has 0 spiro atoms. The first-order valence-corrected chi connectivity index (χ1v) is 4.55. The number of nitrogens with one attached hydrogen (secondary N) is 1. The second kappa shape index (κ2) is 3.34. The van der Waals surface area contributed by atoms with E-state index in [1.807, 2.05) is 0 Å². The van der Waals surface area contributed by atoms with Crippen LogP contribution in [-0.4, -0.2) is 6.54 Å². The van der Waals surface area contributed by atoms with Gasteiger partial charge in [-0.2, -0.15) is 0 Å². The van der Waals surface area contributed by atoms with Crippen LogP contribution < -0.4 is 11.1 Å². The fourth-order valence-electron chi connectivity index (χ4n) is 1.78. The van der Waals surface area contributed by atoms with Gasteiger partial charge in [0.25, 0.3) is 0 Å². The van der Waals surface area contributed by atoms with Gasteiger partial charge in [-0.1, -0.05) is 0 Å². The van der Waals surface area contributed by atoms with Crippen LogP contribution in [0.25, 0.3) is 0 Å². The molecule has 0 radical (unpaired) electrons. The second-order valence-corrected chi connectivity index (χ2v) is 3.43. The van der Waals surface area contributed by atoms with Crippen LogP contribution in [0.1, 0.15) is 24.4 Å². The summed E-state index contributed by atoms with van der Waals surface area (Å²) in [5, 5.41) is 3.25. The van der Waals surface area contributed by atoms with Crippen molar-refractivity contribution >= 4 is 5.69 Å². The monoisotopic (exact) mass is 180 g/mol. The Balaban J connectivity index is 2.32. The fraction of sp³-hybridized carbons (Fsp3) is 0.400. The summed E-state index contributed by atoms with van der Waals surface area (Å²) in [6.07, 6.45) is 2.11. The maximum atomic E-state index is 13.3. The van der Waals surface area contributed by atoms with Crippen molar-refractivity contribution in [2.75, 3.05) is 12.3 Å². The van der Waals surface area contributed by atoms with Crippen molar-refractivity contribution in [2.45, 2.75) is 18.9 Å². The van der Waals surface area contributed by atoms with Gasteiger partial charge in [-0.05, 0) is 37.6 Å². The largest absolute Gasteiger partial charge is 0.399 e. The number of benzene rings is 1. The SMILES string of the molecule is Nc1ccc(F)c(C2CCCN2)c1. The molecule has 1 atom stereocenters. The van der Waals surface area contributed by atoms with Gasteiger partial charge < -0.3 is 11.1 Å². The summed E-state index contributed by atoms with van der Waals surface area (Å²) in [5.74, 6) is -0.159. The minimum atomic E-state index is -0.159. The van der Waals surface area contributed by atoms with Crippen molar-refractivity contribution in [3.63, 3.8) is 0 Å². The molecule has 0 aromatic heterocycles. The van der Waals surface area contributed by atoms with Gasteiger partial charge in [0.2, 0.25) is 0 Å². The Morgan fingerprint density at radius 3 is 3.00 bits per heavy atom. The average molecular weight is 180 g/mol. The lowest BCUT2D eigenvalue weighted by molar-refractivity contribution is 0.559. The summed E-state index contributed by atoms with van der Waals surface area (Å²) in [7, 11) is 0. The van der Waals surface area contributed by atoms with Crippen LogP contribution in [0, 0.1) is 5.82 Å². The van der Waals surface area contributed by atoms with Crippen LogP contribution in [0.5, 0.6) is 0 Å². The first-order chi connectivity index (χ1) is 6.27. The third-order valence-corrected chi connectivity index (χ3v) is 2.46. The lowest BCUT2D eigenvalue weighted by Gasteiger charge is -2.11. The van der Waals surface area contributed by atoms with Crippen LogP contribution in [0.3, 0.4) is 0 Å². The van der Waals surface area contributed by atoms with E-state index in [-0.39, 0.29) is 11.9 Å². The Morgan fingerprint density at radius 2 is 2.31 bits per heavy atom. The van der Waals surface area contributed by atoms with E-state index in [4.69, 9.17) is 5.73 Å². The molecule has 1 heterocycles. The average Bonchev–Trinajstić information content (AvgIpc) is 2.61. The van der Waals surface area contributed by atoms with Gasteiger partial charge in [0.15, 0.2) is 0 Å². The molecule has 3 N–H and O–H groups in total. The topological polar surface area (TPSA) is 38.0 Å². The lowest BCUT2D eigenvalue weighted by Crippen LogP contribution is -2.14. The molecule has 0 amide bonds. The van der Waals surface area contributed by atoms with Crippen LogP contribution >= 0.6 is 0 Å². The van der Waals surface area contributed by atoms with Gasteiger partial charge in [0, 0.05) is 17.3 Å². The molecule has 1 aliphatic heterocycles. The van der Waals surface area contributed by atoms with Crippen molar-refractivity contribution in [1.29, 1.82) is 0 Å². The summed E-state index contributed by atoms with van der Waals surface area (Å²) in [6, 6.07) is 4.90. The van der Waals surface area contributed by atoms with E-state index >= 15 is 0 Å². The maximum absolute atomic E-state index is 13.3. The zero-order valence-corrected chi connectivity index (χ0v) is 7.39. The summed E-state index contributed by atoms with van der Waals surface area (Å²) >= 11 is 0. The summed E-state index contributed by atoms with van der Waals surface area (Å²) in [4.78, 5) is 0. The predicted octanol–water partition coefficient (Wildman–Crippen LogP) is 1.83. The normalized spacial score (nSPS) is 22.1. The highest BCUT2D eigenvalue weighted by atomic mass is 19.1. The summed E-state index contributed by atoms with van der Waals surface area (Å²) < 4.78 is 13.3. The van der Waals surface area contributed by atoms with Crippen LogP contribution in [0.4, 0.5) is 10.1 Å². The van der Waals surface area contributed by atoms with Crippen molar-refractivity contribution in [2.24, 2.45) is 0 Å². The molecule has 2 nitrogen and oxygen atoms in total. The standard InChI is InChI=1S/C10H13FN2/c11-9-4-3-7(12)6-8(9)10-2-1-5-13-10/h3-4,6,10,13H,1-2,5,12H2. The predicted molar refractivity (Wildman–Crippen MR) is 50.8 cm³/mol. The van der Waals surface area contributed by atoms with Crippen LogP contribution in [0.15, 0.2) is 18.2 Å². The Kier molecular flexibility index (Phi) is 2.19. The molecular weight excluding hydrogens is 167 g/mol. The van der Waals surface area contributed by atoms with Crippen LogP contribution in [-0.2, 0) is 0 Å². The van der Waals surface area contributed by atoms with Gasteiger partial charge in [-0.25, -0.2) is 4.39 Å². The number of nitrogen functional groups attached to an aromatic ring is 1. The maximum Gasteiger partial charge on any atom is 0.128 e. The highest BCUT2D eigenvalue weighted by Crippen LogP contribution is 2.26. The first-order valence-electron chi connectivity index (χ1n) is 4.55. The number of rotatable bonds is 1. The summed E-state index contributed by atoms with van der Waals surface area (Å²) in [6.45, 7) is 0.971. The van der Waals surface area contributed by atoms with E-state index < -0.39 is 0 Å². The molecular formula is C10H13FN2. The number of nitrogens with two attached hydrogens (primary N) is 1. The molecule has 0 bridgehead atoms. The molecule has 1 aliphatic rings. The minimum Gasteiger partial charge on any atom is -0.399 e. The molecule has 1 fully saturated rings. The quantitative estimate of drug-likeness (QED) is 0.647. The molecule has 2 rings (SSSR count). The molecule has 3 heteroatoms. The van der Waals surface area contributed by atoms with Gasteiger partial charge in [-0.15, -0.1) is 0 Å². The molecule has 13 heavy (non-hydrogen) atoms. The second-order valence-electron chi connectivity index (χ2n) is 3.43. The molecule has 1 aromatic carbocycles. The van der Waals surface area contributed by atoms with E-state index in [1.54, 1.807) is 12.1 Å². The molecule has 0 aliphatic carbocycles. The van der Waals surface area contributed by atoms with Crippen molar-refractivity contribution in [3.05, 3.63) is 29.6 Å². The molecule has 1 aromatic rings. The third-order valence-electron chi connectivity index (χ3n) is 2.46. The van der Waals surface area contributed by atoms with Crippen molar-refractivity contribution in [3.8, 4) is 0 Å². The number of hydrogen-bond donors (Lipinski definition) is 2. The Labute approximate surface area is 76.9 Å². The lowest BCUT2D eigenvalue weighted by atomic mass is 10.0. The van der Waals surface area contributed by atoms with E-state index in [2.05, 4.69) is 5.32 Å². The van der Waals surface area contributed by atoms with E-state index in [1.165, 1.54) is 6.07 Å². The number of anilines is 1. The zero-order chi connectivity index (χ0) is 9.26. The van der Waals surface area contributed by atoms with Gasteiger partial charge >= 0.3 is 0 Å². The van der Waals surface area contributed by atoms with E-state index in [0.29, 0.717) is 11.3 Å². The molecule has 1 unspecified atom stereocenters. The smallest absolute Gasteiger partial charge is 0.128 e. The Bertz CT molecular complexity index is 306. The molecule has 1 saturated heterocycles. The zero-order valence-electron chi connectivity index (χ0n) is 7.39. The van der Waals surface area contributed by atoms with E-state index in [0.717, 1.165) is 19.4 Å². The highest BCUT2D eigenvalue weighted by Gasteiger charge is 2.19. The molecule has 70 valence electrons. The van der Waals surface area contributed by atoms with E-state index in [9.17, 15) is 4.39 Å².